The van der Waals surface area contributed by atoms with Crippen molar-refractivity contribution in [3.63, 3.8) is 0 Å². The van der Waals surface area contributed by atoms with Crippen molar-refractivity contribution in [2.75, 3.05) is 0 Å². The van der Waals surface area contributed by atoms with Gasteiger partial charge in [0.05, 0.1) is 10.5 Å². The Morgan fingerprint density at radius 3 is 2.57 bits per heavy atom. The average Bonchev–Trinajstić information content (AvgIpc) is 2.91. The monoisotopic (exact) mass is 275 g/mol. The van der Waals surface area contributed by atoms with E-state index in [9.17, 15) is 10.1 Å². The first-order chi connectivity index (χ1) is 10.3. The number of hydrogen-bond donors (Lipinski definition) is 0. The molecule has 0 saturated carbocycles. The summed E-state index contributed by atoms with van der Waals surface area (Å²) in [5.41, 5.74) is 4.22. The summed E-state index contributed by atoms with van der Waals surface area (Å²) >= 11 is 0. The molecule has 2 aromatic rings. The van der Waals surface area contributed by atoms with E-state index < -0.39 is 0 Å². The highest BCUT2D eigenvalue weighted by molar-refractivity contribution is 5.90. The third kappa shape index (κ3) is 2.67. The highest BCUT2D eigenvalue weighted by Crippen LogP contribution is 2.29. The summed E-state index contributed by atoms with van der Waals surface area (Å²) in [5, 5.41) is 10.9. The molecule has 0 atom stereocenters. The largest absolute Gasteiger partial charge is 0.276 e. The summed E-state index contributed by atoms with van der Waals surface area (Å²) in [4.78, 5) is 10.6. The van der Waals surface area contributed by atoms with Crippen LogP contribution in [-0.2, 0) is 0 Å². The van der Waals surface area contributed by atoms with Crippen molar-refractivity contribution < 1.29 is 4.92 Å². The standard InChI is InChI=1S/C18H13NO2/c20-19(21)18-11-4-2-7-16(18)9-5-8-15-13-12-14-6-1-3-10-17(14)15/h1-13H/b9-5+,15-8+. The summed E-state index contributed by atoms with van der Waals surface area (Å²) in [6.07, 6.45) is 9.71. The topological polar surface area (TPSA) is 43.1 Å². The maximum absolute atomic E-state index is 10.9. The van der Waals surface area contributed by atoms with Gasteiger partial charge in [0.15, 0.2) is 0 Å². The Bertz CT molecular complexity index is 785. The van der Waals surface area contributed by atoms with Crippen molar-refractivity contribution in [1.29, 1.82) is 0 Å². The Balaban J connectivity index is 1.88. The van der Waals surface area contributed by atoms with Gasteiger partial charge in [-0.05, 0) is 28.8 Å². The van der Waals surface area contributed by atoms with Gasteiger partial charge in [0.2, 0.25) is 0 Å². The number of nitro benzene ring substituents is 1. The van der Waals surface area contributed by atoms with Crippen molar-refractivity contribution in [3.05, 3.63) is 93.6 Å². The van der Waals surface area contributed by atoms with Gasteiger partial charge in [-0.2, -0.15) is 0 Å². The molecule has 3 rings (SSSR count). The molecule has 0 fully saturated rings. The van der Waals surface area contributed by atoms with E-state index in [-0.39, 0.29) is 10.6 Å². The number of nitro groups is 1. The van der Waals surface area contributed by atoms with Gasteiger partial charge in [0, 0.05) is 6.07 Å². The number of rotatable bonds is 3. The Morgan fingerprint density at radius 2 is 1.71 bits per heavy atom. The highest BCUT2D eigenvalue weighted by Gasteiger charge is 2.10. The van der Waals surface area contributed by atoms with Crippen LogP contribution in [0, 0.1) is 10.1 Å². The van der Waals surface area contributed by atoms with Gasteiger partial charge in [-0.15, -0.1) is 0 Å². The molecule has 0 saturated heterocycles. The number of nitrogens with zero attached hydrogens (tertiary/aromatic N) is 1. The minimum absolute atomic E-state index is 0.120. The van der Waals surface area contributed by atoms with Crippen molar-refractivity contribution in [2.24, 2.45) is 0 Å². The lowest BCUT2D eigenvalue weighted by molar-refractivity contribution is -0.385. The fourth-order valence-electron chi connectivity index (χ4n) is 2.37. The van der Waals surface area contributed by atoms with Crippen LogP contribution in [0.4, 0.5) is 5.69 Å². The molecule has 1 aliphatic rings. The van der Waals surface area contributed by atoms with E-state index >= 15 is 0 Å². The Hall–Kier alpha value is -2.94. The van der Waals surface area contributed by atoms with E-state index in [1.54, 1.807) is 24.3 Å². The van der Waals surface area contributed by atoms with E-state index in [1.165, 1.54) is 17.2 Å². The van der Waals surface area contributed by atoms with Gasteiger partial charge in [-0.3, -0.25) is 10.1 Å². The van der Waals surface area contributed by atoms with Gasteiger partial charge in [0.1, 0.15) is 0 Å². The summed E-state index contributed by atoms with van der Waals surface area (Å²) in [7, 11) is 0. The van der Waals surface area contributed by atoms with Crippen molar-refractivity contribution in [2.45, 2.75) is 0 Å². The molecular formula is C18H13NO2. The number of benzene rings is 2. The van der Waals surface area contributed by atoms with E-state index in [4.69, 9.17) is 0 Å². The van der Waals surface area contributed by atoms with Crippen LogP contribution in [0.1, 0.15) is 16.7 Å². The van der Waals surface area contributed by atoms with Crippen LogP contribution in [0.25, 0.3) is 17.7 Å². The van der Waals surface area contributed by atoms with E-state index in [1.807, 2.05) is 24.3 Å². The van der Waals surface area contributed by atoms with Gasteiger partial charge >= 0.3 is 0 Å². The predicted molar refractivity (Wildman–Crippen MR) is 85.6 cm³/mol. The minimum Gasteiger partial charge on any atom is -0.258 e. The second-order valence-electron chi connectivity index (χ2n) is 4.72. The fraction of sp³-hybridized carbons (Fsp3) is 0. The van der Waals surface area contributed by atoms with E-state index in [0.717, 1.165) is 5.57 Å². The second-order valence-corrected chi connectivity index (χ2v) is 4.72. The van der Waals surface area contributed by atoms with Crippen molar-refractivity contribution >= 4 is 23.4 Å². The quantitative estimate of drug-likeness (QED) is 0.601. The molecule has 21 heavy (non-hydrogen) atoms. The molecule has 0 aromatic heterocycles. The number of allylic oxidation sites excluding steroid dienone is 4. The molecule has 102 valence electrons. The molecule has 0 unspecified atom stereocenters. The molecule has 0 aliphatic heterocycles. The Kier molecular flexibility index (Phi) is 3.48. The molecular weight excluding hydrogens is 262 g/mol. The maximum atomic E-state index is 10.9. The van der Waals surface area contributed by atoms with Gasteiger partial charge < -0.3 is 0 Å². The van der Waals surface area contributed by atoms with Crippen LogP contribution >= 0.6 is 0 Å². The molecule has 2 aromatic carbocycles. The first kappa shape index (κ1) is 13.1. The Morgan fingerprint density at radius 1 is 0.952 bits per heavy atom. The lowest BCUT2D eigenvalue weighted by Crippen LogP contribution is -1.90. The van der Waals surface area contributed by atoms with Crippen LogP contribution in [0.2, 0.25) is 0 Å². The lowest BCUT2D eigenvalue weighted by Gasteiger charge is -1.99. The molecule has 0 spiro atoms. The molecule has 3 heteroatoms. The molecule has 0 radical (unpaired) electrons. The average molecular weight is 275 g/mol. The number of hydrogen-bond acceptors (Lipinski definition) is 2. The predicted octanol–water partition coefficient (Wildman–Crippen LogP) is 4.72. The second kappa shape index (κ2) is 5.59. The van der Waals surface area contributed by atoms with E-state index in [2.05, 4.69) is 24.3 Å². The summed E-state index contributed by atoms with van der Waals surface area (Å²) < 4.78 is 0. The van der Waals surface area contributed by atoms with Crippen LogP contribution in [0.15, 0.2) is 66.8 Å². The van der Waals surface area contributed by atoms with Crippen molar-refractivity contribution in [3.8, 4) is 0 Å². The highest BCUT2D eigenvalue weighted by atomic mass is 16.6. The summed E-state index contributed by atoms with van der Waals surface area (Å²) in [5.74, 6) is 0. The van der Waals surface area contributed by atoms with Crippen LogP contribution in [0.3, 0.4) is 0 Å². The van der Waals surface area contributed by atoms with Crippen molar-refractivity contribution in [1.82, 2.24) is 0 Å². The maximum Gasteiger partial charge on any atom is 0.276 e. The molecule has 0 heterocycles. The smallest absolute Gasteiger partial charge is 0.258 e. The Labute approximate surface area is 122 Å². The molecule has 1 aliphatic carbocycles. The summed E-state index contributed by atoms with van der Waals surface area (Å²) in [6, 6.07) is 14.9. The number of para-hydroxylation sites is 1. The lowest BCUT2D eigenvalue weighted by atomic mass is 10.1. The first-order valence-electron chi connectivity index (χ1n) is 6.65. The van der Waals surface area contributed by atoms with Crippen LogP contribution < -0.4 is 0 Å². The first-order valence-corrected chi connectivity index (χ1v) is 6.65. The SMILES string of the molecule is O=[N+]([O-])c1ccccc1/C=C/C=C1\C=Cc2ccccc21. The van der Waals surface area contributed by atoms with Crippen LogP contribution in [0.5, 0.6) is 0 Å². The van der Waals surface area contributed by atoms with Gasteiger partial charge in [0.25, 0.3) is 5.69 Å². The molecule has 0 bridgehead atoms. The van der Waals surface area contributed by atoms with Crippen LogP contribution in [-0.4, -0.2) is 4.92 Å². The third-order valence-corrected chi connectivity index (χ3v) is 3.40. The molecule has 3 nitrogen and oxygen atoms in total. The zero-order valence-corrected chi connectivity index (χ0v) is 11.3. The molecule has 0 amide bonds. The normalized spacial score (nSPS) is 14.8. The summed E-state index contributed by atoms with van der Waals surface area (Å²) in [6.45, 7) is 0. The minimum atomic E-state index is -0.364. The zero-order valence-electron chi connectivity index (χ0n) is 11.3. The fourth-order valence-corrected chi connectivity index (χ4v) is 2.37. The van der Waals surface area contributed by atoms with Gasteiger partial charge in [-0.1, -0.05) is 60.7 Å². The van der Waals surface area contributed by atoms with Gasteiger partial charge in [-0.25, -0.2) is 0 Å². The zero-order chi connectivity index (χ0) is 14.7. The third-order valence-electron chi connectivity index (χ3n) is 3.40. The van der Waals surface area contributed by atoms with E-state index in [0.29, 0.717) is 5.56 Å². The number of fused-ring (bicyclic) bond motifs is 1. The molecule has 0 N–H and O–H groups in total.